The second-order valence-electron chi connectivity index (χ2n) is 6.59. The molecule has 4 rings (SSSR count). The molecule has 0 unspecified atom stereocenters. The number of hydrogen-bond acceptors (Lipinski definition) is 6. The van der Waals surface area contributed by atoms with Gasteiger partial charge in [0.1, 0.15) is 6.54 Å². The molecule has 0 aromatic heterocycles. The smallest absolute Gasteiger partial charge is 0.263 e. The van der Waals surface area contributed by atoms with Gasteiger partial charge in [0.05, 0.1) is 5.69 Å². The molecule has 2 atom stereocenters. The minimum atomic E-state index is -0.922. The zero-order valence-electron chi connectivity index (χ0n) is 14.9. The quantitative estimate of drug-likeness (QED) is 0.737. The largest absolute Gasteiger partial charge is 0.324 e. The topological polar surface area (TPSA) is 94.4 Å². The van der Waals surface area contributed by atoms with E-state index in [1.54, 1.807) is 36.4 Å². The maximum absolute atomic E-state index is 12.9. The van der Waals surface area contributed by atoms with Crippen molar-refractivity contribution in [3.05, 3.63) is 58.6 Å². The number of nitrogens with zero attached hydrogens (tertiary/aromatic N) is 4. The van der Waals surface area contributed by atoms with Crippen LogP contribution in [0.1, 0.15) is 5.56 Å². The number of anilines is 2. The Morgan fingerprint density at radius 2 is 1.75 bits per heavy atom. The highest BCUT2D eigenvalue weighted by atomic mass is 79.9. The molecule has 1 fully saturated rings. The highest BCUT2D eigenvalue weighted by Crippen LogP contribution is 2.31. The highest BCUT2D eigenvalue weighted by molar-refractivity contribution is 9.10. The van der Waals surface area contributed by atoms with Crippen molar-refractivity contribution in [2.45, 2.75) is 19.0 Å². The first kappa shape index (κ1) is 18.3. The van der Waals surface area contributed by atoms with E-state index >= 15 is 0 Å². The Morgan fingerprint density at radius 3 is 2.43 bits per heavy atom. The Balaban J connectivity index is 1.48. The van der Waals surface area contributed by atoms with Gasteiger partial charge >= 0.3 is 0 Å². The Bertz CT molecular complexity index is 974. The lowest BCUT2D eigenvalue weighted by Crippen LogP contribution is -2.43. The van der Waals surface area contributed by atoms with E-state index in [0.717, 1.165) is 14.9 Å². The number of carbonyl (C=O) groups is 3. The minimum absolute atomic E-state index is 0.179. The van der Waals surface area contributed by atoms with Crippen LogP contribution < -0.4 is 10.2 Å². The molecule has 8 nitrogen and oxygen atoms in total. The van der Waals surface area contributed by atoms with Crippen molar-refractivity contribution in [3.8, 4) is 0 Å². The molecule has 0 aliphatic carbocycles. The number of carbonyl (C=O) groups excluding carboxylic acids is 3. The van der Waals surface area contributed by atoms with Gasteiger partial charge in [0, 0.05) is 10.2 Å². The third kappa shape index (κ3) is 3.29. The predicted molar refractivity (Wildman–Crippen MR) is 106 cm³/mol. The molecule has 142 valence electrons. The highest BCUT2D eigenvalue weighted by Gasteiger charge is 2.55. The molecule has 0 spiro atoms. The van der Waals surface area contributed by atoms with Gasteiger partial charge in [-0.1, -0.05) is 38.8 Å². The van der Waals surface area contributed by atoms with E-state index in [4.69, 9.17) is 0 Å². The predicted octanol–water partition coefficient (Wildman–Crippen LogP) is 2.69. The molecule has 2 aliphatic rings. The van der Waals surface area contributed by atoms with E-state index in [0.29, 0.717) is 11.4 Å². The monoisotopic (exact) mass is 441 g/mol. The Labute approximate surface area is 169 Å². The SMILES string of the molecule is Cc1ccc(N2C(=O)[C@@H]3N=NN(CC(=O)Nc4ccc(Br)cc4)[C@H]3C2=O)cc1. The molecular weight excluding hydrogens is 426 g/mol. The number of aryl methyl sites for hydroxylation is 1. The van der Waals surface area contributed by atoms with Crippen LogP contribution in [0.4, 0.5) is 11.4 Å². The van der Waals surface area contributed by atoms with Crippen molar-refractivity contribution in [1.29, 1.82) is 0 Å². The summed E-state index contributed by atoms with van der Waals surface area (Å²) in [4.78, 5) is 39.0. The van der Waals surface area contributed by atoms with Crippen molar-refractivity contribution in [1.82, 2.24) is 5.01 Å². The molecule has 1 saturated heterocycles. The number of hydrogen-bond donors (Lipinski definition) is 1. The zero-order chi connectivity index (χ0) is 19.8. The molecule has 2 heterocycles. The van der Waals surface area contributed by atoms with Crippen LogP contribution in [-0.4, -0.2) is 41.4 Å². The van der Waals surface area contributed by atoms with Crippen molar-refractivity contribution in [2.24, 2.45) is 10.3 Å². The number of fused-ring (bicyclic) bond motifs is 1. The summed E-state index contributed by atoms with van der Waals surface area (Å²) in [7, 11) is 0. The summed E-state index contributed by atoms with van der Waals surface area (Å²) in [5.74, 6) is -1.21. The average molecular weight is 442 g/mol. The molecule has 28 heavy (non-hydrogen) atoms. The van der Waals surface area contributed by atoms with Crippen molar-refractivity contribution >= 4 is 45.0 Å². The van der Waals surface area contributed by atoms with Gasteiger partial charge < -0.3 is 5.32 Å². The van der Waals surface area contributed by atoms with E-state index in [2.05, 4.69) is 31.6 Å². The molecule has 3 amide bonds. The van der Waals surface area contributed by atoms with Crippen LogP contribution in [0.3, 0.4) is 0 Å². The lowest BCUT2D eigenvalue weighted by atomic mass is 10.1. The van der Waals surface area contributed by atoms with Crippen LogP contribution in [0.2, 0.25) is 0 Å². The summed E-state index contributed by atoms with van der Waals surface area (Å²) in [5, 5.41) is 11.8. The van der Waals surface area contributed by atoms with Gasteiger partial charge in [-0.25, -0.2) is 4.90 Å². The van der Waals surface area contributed by atoms with Crippen LogP contribution in [0.15, 0.2) is 63.3 Å². The summed E-state index contributed by atoms with van der Waals surface area (Å²) in [6.07, 6.45) is 0. The molecule has 0 saturated carbocycles. The molecule has 1 N–H and O–H groups in total. The third-order valence-electron chi connectivity index (χ3n) is 4.58. The maximum atomic E-state index is 12.9. The number of rotatable bonds is 4. The fraction of sp³-hybridized carbons (Fsp3) is 0.211. The van der Waals surface area contributed by atoms with E-state index in [1.165, 1.54) is 5.01 Å². The number of amides is 3. The minimum Gasteiger partial charge on any atom is -0.324 e. The second-order valence-corrected chi connectivity index (χ2v) is 7.51. The van der Waals surface area contributed by atoms with Crippen LogP contribution in [0.5, 0.6) is 0 Å². The second kappa shape index (κ2) is 7.16. The summed E-state index contributed by atoms with van der Waals surface area (Å²) in [5.41, 5.74) is 2.13. The van der Waals surface area contributed by atoms with Crippen LogP contribution in [-0.2, 0) is 14.4 Å². The fourth-order valence-electron chi connectivity index (χ4n) is 3.18. The standard InChI is InChI=1S/C19H16BrN5O3/c1-11-2-8-14(9-3-11)25-18(27)16-17(19(25)28)24(23-22-16)10-15(26)21-13-6-4-12(20)5-7-13/h2-9,16-17H,10H2,1H3,(H,21,26)/t16-,17-/m1/s1. The first-order valence-corrected chi connectivity index (χ1v) is 9.40. The van der Waals surface area contributed by atoms with E-state index in [1.807, 2.05) is 19.1 Å². The van der Waals surface area contributed by atoms with E-state index < -0.39 is 23.9 Å². The van der Waals surface area contributed by atoms with Crippen molar-refractivity contribution in [2.75, 3.05) is 16.8 Å². The number of halogens is 1. The van der Waals surface area contributed by atoms with Gasteiger partial charge in [0.2, 0.25) is 5.91 Å². The summed E-state index contributed by atoms with van der Waals surface area (Å²) in [6.45, 7) is 1.74. The normalized spacial score (nSPS) is 20.6. The van der Waals surface area contributed by atoms with Gasteiger partial charge in [-0.2, -0.15) is 5.11 Å². The number of benzene rings is 2. The molecular formula is C19H16BrN5O3. The summed E-state index contributed by atoms with van der Waals surface area (Å²) < 4.78 is 0.896. The summed E-state index contributed by atoms with van der Waals surface area (Å²) in [6, 6.07) is 12.4. The van der Waals surface area contributed by atoms with Gasteiger partial charge in [-0.15, -0.1) is 0 Å². The molecule has 0 bridgehead atoms. The van der Waals surface area contributed by atoms with E-state index in [9.17, 15) is 14.4 Å². The molecule has 2 aliphatic heterocycles. The number of imide groups is 1. The number of nitrogens with one attached hydrogen (secondary N) is 1. The van der Waals surface area contributed by atoms with Gasteiger partial charge in [-0.3, -0.25) is 19.4 Å². The summed E-state index contributed by atoms with van der Waals surface area (Å²) >= 11 is 3.33. The third-order valence-corrected chi connectivity index (χ3v) is 5.11. The fourth-order valence-corrected chi connectivity index (χ4v) is 3.45. The Kier molecular flexibility index (Phi) is 4.68. The zero-order valence-corrected chi connectivity index (χ0v) is 16.5. The molecule has 0 radical (unpaired) electrons. The van der Waals surface area contributed by atoms with Gasteiger partial charge in [0.15, 0.2) is 12.1 Å². The van der Waals surface area contributed by atoms with Crippen LogP contribution >= 0.6 is 15.9 Å². The van der Waals surface area contributed by atoms with Crippen LogP contribution in [0, 0.1) is 6.92 Å². The first-order valence-electron chi connectivity index (χ1n) is 8.61. The van der Waals surface area contributed by atoms with Crippen LogP contribution in [0.25, 0.3) is 0 Å². The van der Waals surface area contributed by atoms with Crippen molar-refractivity contribution in [3.63, 3.8) is 0 Å². The molecule has 9 heteroatoms. The Hall–Kier alpha value is -3.07. The molecule has 2 aromatic carbocycles. The Morgan fingerprint density at radius 1 is 1.07 bits per heavy atom. The average Bonchev–Trinajstić information content (AvgIpc) is 3.18. The lowest BCUT2D eigenvalue weighted by molar-refractivity contribution is -0.123. The van der Waals surface area contributed by atoms with Crippen molar-refractivity contribution < 1.29 is 14.4 Å². The van der Waals surface area contributed by atoms with Gasteiger partial charge in [0.25, 0.3) is 11.8 Å². The lowest BCUT2D eigenvalue weighted by Gasteiger charge is -2.20. The van der Waals surface area contributed by atoms with Gasteiger partial charge in [-0.05, 0) is 43.3 Å². The maximum Gasteiger partial charge on any atom is 0.263 e. The molecule has 2 aromatic rings. The van der Waals surface area contributed by atoms with E-state index in [-0.39, 0.29) is 12.5 Å². The first-order chi connectivity index (χ1) is 13.4.